The van der Waals surface area contributed by atoms with Crippen LogP contribution in [0.3, 0.4) is 0 Å². The number of carbonyl (C=O) groups is 2. The average molecular weight is 493 g/mol. The first kappa shape index (κ1) is 22.0. The molecule has 2 aromatic heterocycles. The number of ketones is 1. The van der Waals surface area contributed by atoms with E-state index in [1.54, 1.807) is 18.3 Å². The van der Waals surface area contributed by atoms with E-state index in [0.29, 0.717) is 28.1 Å². The van der Waals surface area contributed by atoms with Crippen LogP contribution in [0.2, 0.25) is 0 Å². The van der Waals surface area contributed by atoms with Crippen molar-refractivity contribution in [1.29, 1.82) is 0 Å². The summed E-state index contributed by atoms with van der Waals surface area (Å²) in [7, 11) is 1.49. The number of nitrogens with zero attached hydrogens (tertiary/aromatic N) is 2. The monoisotopic (exact) mass is 492 g/mol. The molecule has 0 atom stereocenters. The summed E-state index contributed by atoms with van der Waals surface area (Å²) in [6.45, 7) is 5.69. The Morgan fingerprint density at radius 2 is 2.00 bits per heavy atom. The lowest BCUT2D eigenvalue weighted by atomic mass is 10.1. The molecule has 30 heavy (non-hydrogen) atoms. The first-order valence-electron chi connectivity index (χ1n) is 9.16. The number of rotatable bonds is 8. The number of halogens is 1. The summed E-state index contributed by atoms with van der Waals surface area (Å²) in [6.07, 6.45) is 1.71. The Hall–Kier alpha value is -2.65. The van der Waals surface area contributed by atoms with Gasteiger partial charge >= 0.3 is 5.97 Å². The number of Topliss-reactive ketones (excluding diaryl/α,β-unsaturated/α-hetero) is 1. The van der Waals surface area contributed by atoms with Crippen LogP contribution in [0, 0.1) is 13.8 Å². The second kappa shape index (κ2) is 9.44. The van der Waals surface area contributed by atoms with Gasteiger partial charge in [0.25, 0.3) is 0 Å². The van der Waals surface area contributed by atoms with E-state index >= 15 is 0 Å². The van der Waals surface area contributed by atoms with Gasteiger partial charge in [0.15, 0.2) is 23.2 Å². The van der Waals surface area contributed by atoms with Crippen LogP contribution in [0.1, 0.15) is 39.0 Å². The maximum atomic E-state index is 12.7. The molecule has 3 rings (SSSR count). The number of hydrogen-bond donors (Lipinski definition) is 0. The highest BCUT2D eigenvalue weighted by atomic mass is 79.9. The van der Waals surface area contributed by atoms with Gasteiger partial charge in [0, 0.05) is 28.5 Å². The van der Waals surface area contributed by atoms with Crippen LogP contribution in [-0.4, -0.2) is 41.6 Å². The van der Waals surface area contributed by atoms with E-state index in [2.05, 4.69) is 20.9 Å². The van der Waals surface area contributed by atoms with Crippen LogP contribution < -0.4 is 9.47 Å². The summed E-state index contributed by atoms with van der Waals surface area (Å²) in [4.78, 5) is 29.5. The molecular formula is C21H21BrN2O5S. The summed E-state index contributed by atoms with van der Waals surface area (Å²) >= 11 is 4.86. The molecule has 0 fully saturated rings. The molecule has 2 heterocycles. The van der Waals surface area contributed by atoms with Crippen molar-refractivity contribution in [3.8, 4) is 16.6 Å². The van der Waals surface area contributed by atoms with E-state index in [1.165, 1.54) is 24.5 Å². The Morgan fingerprint density at radius 3 is 2.63 bits per heavy atom. The van der Waals surface area contributed by atoms with Crippen molar-refractivity contribution in [3.63, 3.8) is 0 Å². The molecule has 1 aromatic carbocycles. The maximum absolute atomic E-state index is 12.7. The Balaban J connectivity index is 1.75. The zero-order valence-corrected chi connectivity index (χ0v) is 19.4. The normalized spacial score (nSPS) is 10.7. The molecular weight excluding hydrogens is 472 g/mol. The molecule has 0 radical (unpaired) electrons. The van der Waals surface area contributed by atoms with Crippen LogP contribution in [0.15, 0.2) is 34.2 Å². The van der Waals surface area contributed by atoms with E-state index in [4.69, 9.17) is 14.2 Å². The number of aryl methyl sites for hydroxylation is 1. The number of benzene rings is 1. The minimum Gasteiger partial charge on any atom is -0.493 e. The summed E-state index contributed by atoms with van der Waals surface area (Å²) in [6, 6.07) is 4.88. The first-order chi connectivity index (χ1) is 14.4. The van der Waals surface area contributed by atoms with E-state index in [1.807, 2.05) is 30.7 Å². The third-order valence-corrected chi connectivity index (χ3v) is 5.78. The van der Waals surface area contributed by atoms with Gasteiger partial charge in [-0.25, -0.2) is 9.78 Å². The first-order valence-corrected chi connectivity index (χ1v) is 10.8. The molecule has 0 spiro atoms. The van der Waals surface area contributed by atoms with E-state index in [-0.39, 0.29) is 18.0 Å². The fourth-order valence-electron chi connectivity index (χ4n) is 3.08. The lowest BCUT2D eigenvalue weighted by molar-refractivity contribution is 0.0474. The maximum Gasteiger partial charge on any atom is 0.338 e. The van der Waals surface area contributed by atoms with Gasteiger partial charge in [0.2, 0.25) is 5.78 Å². The highest BCUT2D eigenvalue weighted by molar-refractivity contribution is 9.10. The second-order valence-corrected chi connectivity index (χ2v) is 8.08. The molecule has 0 unspecified atom stereocenters. The molecule has 3 aromatic rings. The fraction of sp³-hybridized carbons (Fsp3) is 0.286. The fourth-order valence-corrected chi connectivity index (χ4v) is 4.39. The van der Waals surface area contributed by atoms with Crippen molar-refractivity contribution >= 4 is 39.0 Å². The topological polar surface area (TPSA) is 79.7 Å². The highest BCUT2D eigenvalue weighted by Crippen LogP contribution is 2.36. The number of esters is 1. The van der Waals surface area contributed by atoms with E-state index < -0.39 is 5.97 Å². The van der Waals surface area contributed by atoms with Gasteiger partial charge in [-0.05, 0) is 54.9 Å². The zero-order chi connectivity index (χ0) is 21.8. The largest absolute Gasteiger partial charge is 0.493 e. The highest BCUT2D eigenvalue weighted by Gasteiger charge is 2.21. The number of aromatic nitrogens is 2. The van der Waals surface area contributed by atoms with Gasteiger partial charge in [-0.15, -0.1) is 11.3 Å². The van der Waals surface area contributed by atoms with Crippen molar-refractivity contribution in [1.82, 2.24) is 9.55 Å². The third-order valence-electron chi connectivity index (χ3n) is 4.43. The number of thiazole rings is 1. The summed E-state index contributed by atoms with van der Waals surface area (Å²) in [5.41, 5.74) is 2.40. The predicted octanol–water partition coefficient (Wildman–Crippen LogP) is 4.76. The Labute approximate surface area is 186 Å². The zero-order valence-electron chi connectivity index (χ0n) is 17.0. The van der Waals surface area contributed by atoms with Crippen LogP contribution in [0.5, 0.6) is 11.5 Å². The van der Waals surface area contributed by atoms with Crippen LogP contribution in [0.4, 0.5) is 0 Å². The predicted molar refractivity (Wildman–Crippen MR) is 117 cm³/mol. The molecule has 0 aliphatic rings. The smallest absolute Gasteiger partial charge is 0.338 e. The number of hydrogen-bond acceptors (Lipinski definition) is 7. The quantitative estimate of drug-likeness (QED) is 0.333. The minimum atomic E-state index is -0.626. The molecule has 0 aliphatic heterocycles. The van der Waals surface area contributed by atoms with Crippen molar-refractivity contribution in [2.24, 2.45) is 0 Å². The summed E-state index contributed by atoms with van der Waals surface area (Å²) < 4.78 is 18.6. The Kier molecular flexibility index (Phi) is 6.94. The standard InChI is InChI=1S/C21H21BrN2O5S/c1-5-28-19-16(22)9-14(10-18(19)27-4)20(26)29-11-17(25)15-8-12(2)24(13(15)3)21-23-6-7-30-21/h6-10H,5,11H2,1-4H3. The molecule has 158 valence electrons. The number of carbonyl (C=O) groups excluding carboxylic acids is 2. The lowest BCUT2D eigenvalue weighted by Gasteiger charge is -2.13. The lowest BCUT2D eigenvalue weighted by Crippen LogP contribution is -2.15. The minimum absolute atomic E-state index is 0.253. The van der Waals surface area contributed by atoms with Crippen LogP contribution >= 0.6 is 27.3 Å². The molecule has 7 nitrogen and oxygen atoms in total. The molecule has 0 saturated heterocycles. The number of methoxy groups -OCH3 is 1. The third kappa shape index (κ3) is 4.41. The van der Waals surface area contributed by atoms with E-state index in [9.17, 15) is 9.59 Å². The van der Waals surface area contributed by atoms with Gasteiger partial charge in [-0.1, -0.05) is 0 Å². The molecule has 0 N–H and O–H groups in total. The van der Waals surface area contributed by atoms with Crippen LogP contribution in [0.25, 0.3) is 5.13 Å². The summed E-state index contributed by atoms with van der Waals surface area (Å²) in [5, 5.41) is 2.66. The van der Waals surface area contributed by atoms with Crippen LogP contribution in [-0.2, 0) is 4.74 Å². The van der Waals surface area contributed by atoms with Crippen molar-refractivity contribution in [2.75, 3.05) is 20.3 Å². The van der Waals surface area contributed by atoms with Crippen molar-refractivity contribution < 1.29 is 23.8 Å². The molecule has 0 saturated carbocycles. The molecule has 9 heteroatoms. The molecule has 0 bridgehead atoms. The van der Waals surface area contributed by atoms with Crippen molar-refractivity contribution in [2.45, 2.75) is 20.8 Å². The van der Waals surface area contributed by atoms with Gasteiger partial charge in [-0.3, -0.25) is 9.36 Å². The van der Waals surface area contributed by atoms with E-state index in [0.717, 1.165) is 16.5 Å². The van der Waals surface area contributed by atoms with Gasteiger partial charge in [-0.2, -0.15) is 0 Å². The molecule has 0 amide bonds. The average Bonchev–Trinajstić information content (AvgIpc) is 3.34. The van der Waals surface area contributed by atoms with Gasteiger partial charge in [0.05, 0.1) is 23.8 Å². The summed E-state index contributed by atoms with van der Waals surface area (Å²) in [5.74, 6) is -0.00546. The number of ether oxygens (including phenoxy) is 3. The Morgan fingerprint density at radius 1 is 1.23 bits per heavy atom. The molecule has 0 aliphatic carbocycles. The van der Waals surface area contributed by atoms with Crippen molar-refractivity contribution in [3.05, 3.63) is 56.8 Å². The van der Waals surface area contributed by atoms with Gasteiger partial charge < -0.3 is 14.2 Å². The Bertz CT molecular complexity index is 1080. The van der Waals surface area contributed by atoms with Gasteiger partial charge in [0.1, 0.15) is 0 Å². The second-order valence-electron chi connectivity index (χ2n) is 6.36. The SMILES string of the molecule is CCOc1c(Br)cc(C(=O)OCC(=O)c2cc(C)n(-c3nccs3)c2C)cc1OC.